The Hall–Kier alpha value is -2.49. The molecule has 9 heteroatoms. The van der Waals surface area contributed by atoms with E-state index >= 15 is 0 Å². The van der Waals surface area contributed by atoms with Crippen LogP contribution in [-0.4, -0.2) is 23.1 Å². The first kappa shape index (κ1) is 21.7. The van der Waals surface area contributed by atoms with Crippen LogP contribution in [0.5, 0.6) is 5.75 Å². The molecule has 1 aliphatic heterocycles. The van der Waals surface area contributed by atoms with Crippen molar-refractivity contribution in [2.45, 2.75) is 25.4 Å². The summed E-state index contributed by atoms with van der Waals surface area (Å²) in [6.45, 7) is 1.81. The van der Waals surface area contributed by atoms with Crippen molar-refractivity contribution in [2.75, 3.05) is 17.3 Å². The van der Waals surface area contributed by atoms with Crippen molar-refractivity contribution in [3.05, 3.63) is 69.1 Å². The van der Waals surface area contributed by atoms with Crippen molar-refractivity contribution in [3.8, 4) is 5.75 Å². The van der Waals surface area contributed by atoms with E-state index in [-0.39, 0.29) is 18.0 Å². The summed E-state index contributed by atoms with van der Waals surface area (Å²) in [6.07, 6.45) is 2.18. The summed E-state index contributed by atoms with van der Waals surface area (Å²) in [7, 11) is 1.59. The fraction of sp³-hybridized carbons (Fsp3) is 0.227. The summed E-state index contributed by atoms with van der Waals surface area (Å²) in [6, 6.07) is 13.5. The van der Waals surface area contributed by atoms with Gasteiger partial charge in [-0.1, -0.05) is 13.0 Å². The number of rotatable bonds is 6. The highest BCUT2D eigenvalue weighted by atomic mass is 79.9. The average Bonchev–Trinajstić information content (AvgIpc) is 3.37. The van der Waals surface area contributed by atoms with Gasteiger partial charge >= 0.3 is 0 Å². The van der Waals surface area contributed by atoms with Gasteiger partial charge in [0.05, 0.1) is 30.6 Å². The Bertz CT molecular complexity index is 1110. The molecule has 0 aliphatic carbocycles. The zero-order valence-electron chi connectivity index (χ0n) is 17.0. The number of nitrogens with zero attached hydrogens (tertiary/aromatic N) is 2. The minimum Gasteiger partial charge on any atom is -0.494 e. The van der Waals surface area contributed by atoms with Crippen molar-refractivity contribution >= 4 is 61.9 Å². The molecular formula is C22H21BrN4O2S2. The smallest absolute Gasteiger partial charge is 0.224 e. The van der Waals surface area contributed by atoms with Gasteiger partial charge in [0, 0.05) is 39.1 Å². The number of methoxy groups -OCH3 is 1. The topological polar surface area (TPSA) is 66.5 Å². The van der Waals surface area contributed by atoms with Gasteiger partial charge in [-0.25, -0.2) is 0 Å². The highest BCUT2D eigenvalue weighted by Crippen LogP contribution is 2.45. The molecule has 0 spiro atoms. The molecule has 3 heterocycles. The number of benzene rings is 1. The van der Waals surface area contributed by atoms with Crippen molar-refractivity contribution in [1.29, 1.82) is 0 Å². The molecule has 3 aromatic rings. The summed E-state index contributed by atoms with van der Waals surface area (Å²) >= 11 is 11.0. The van der Waals surface area contributed by atoms with Gasteiger partial charge in [0.2, 0.25) is 5.91 Å². The largest absolute Gasteiger partial charge is 0.494 e. The van der Waals surface area contributed by atoms with Crippen LogP contribution in [0.1, 0.15) is 36.0 Å². The highest BCUT2D eigenvalue weighted by Gasteiger charge is 2.41. The lowest BCUT2D eigenvalue weighted by atomic mass is 10.0. The third-order valence-corrected chi connectivity index (χ3v) is 7.11. The minimum absolute atomic E-state index is 0.0686. The van der Waals surface area contributed by atoms with Crippen LogP contribution >= 0.6 is 39.5 Å². The molecule has 0 unspecified atom stereocenters. The van der Waals surface area contributed by atoms with E-state index in [4.69, 9.17) is 17.0 Å². The number of ether oxygens (including phenoxy) is 1. The molecule has 6 nitrogen and oxygen atoms in total. The first-order valence-corrected chi connectivity index (χ1v) is 11.8. The molecule has 160 valence electrons. The van der Waals surface area contributed by atoms with Crippen molar-refractivity contribution in [3.63, 3.8) is 0 Å². The second-order valence-corrected chi connectivity index (χ2v) is 9.20. The Morgan fingerprint density at radius 3 is 2.84 bits per heavy atom. The molecule has 31 heavy (non-hydrogen) atoms. The van der Waals surface area contributed by atoms with E-state index < -0.39 is 0 Å². The minimum atomic E-state index is -0.107. The Kier molecular flexibility index (Phi) is 6.54. The van der Waals surface area contributed by atoms with Crippen LogP contribution in [0.2, 0.25) is 0 Å². The quantitative estimate of drug-likeness (QED) is 0.425. The zero-order chi connectivity index (χ0) is 22.0. The van der Waals surface area contributed by atoms with Crippen LogP contribution in [0.3, 0.4) is 0 Å². The molecule has 0 saturated carbocycles. The summed E-state index contributed by atoms with van der Waals surface area (Å²) in [5, 5.41) is 8.99. The molecule has 1 aliphatic rings. The van der Waals surface area contributed by atoms with E-state index in [1.807, 2.05) is 43.3 Å². The second kappa shape index (κ2) is 9.33. The van der Waals surface area contributed by atoms with Gasteiger partial charge in [-0.05, 0) is 58.5 Å². The Balaban J connectivity index is 1.76. The molecule has 0 bridgehead atoms. The fourth-order valence-corrected chi connectivity index (χ4v) is 5.49. The zero-order valence-corrected chi connectivity index (χ0v) is 20.2. The second-order valence-electron chi connectivity index (χ2n) is 6.95. The van der Waals surface area contributed by atoms with E-state index in [9.17, 15) is 4.79 Å². The third-order valence-electron chi connectivity index (χ3n) is 5.04. The van der Waals surface area contributed by atoms with Gasteiger partial charge in [0.25, 0.3) is 0 Å². The molecule has 2 atom stereocenters. The maximum absolute atomic E-state index is 11.9. The molecule has 4 rings (SSSR count). The summed E-state index contributed by atoms with van der Waals surface area (Å²) < 4.78 is 6.59. The summed E-state index contributed by atoms with van der Waals surface area (Å²) in [5.41, 5.74) is 2.42. The lowest BCUT2D eigenvalue weighted by molar-refractivity contribution is -0.115. The van der Waals surface area contributed by atoms with Crippen LogP contribution < -0.4 is 20.3 Å². The first-order valence-electron chi connectivity index (χ1n) is 9.74. The molecule has 1 amide bonds. The number of nitrogens with one attached hydrogen (secondary N) is 2. The first-order chi connectivity index (χ1) is 15.0. The molecule has 1 fully saturated rings. The number of carbonyl (C=O) groups is 1. The van der Waals surface area contributed by atoms with Gasteiger partial charge in [-0.3, -0.25) is 9.78 Å². The predicted molar refractivity (Wildman–Crippen MR) is 132 cm³/mol. The number of halogens is 1. The van der Waals surface area contributed by atoms with Crippen LogP contribution in [0.4, 0.5) is 11.4 Å². The number of thiophene rings is 1. The highest BCUT2D eigenvalue weighted by molar-refractivity contribution is 9.10. The number of hydrogen-bond acceptors (Lipinski definition) is 5. The van der Waals surface area contributed by atoms with Crippen LogP contribution in [-0.2, 0) is 4.79 Å². The molecule has 0 radical (unpaired) electrons. The average molecular weight is 517 g/mol. The van der Waals surface area contributed by atoms with Crippen molar-refractivity contribution in [1.82, 2.24) is 10.3 Å². The molecule has 2 aromatic heterocycles. The van der Waals surface area contributed by atoms with Crippen LogP contribution in [0, 0.1) is 0 Å². The van der Waals surface area contributed by atoms with Crippen molar-refractivity contribution < 1.29 is 9.53 Å². The Morgan fingerprint density at radius 2 is 2.19 bits per heavy atom. The van der Waals surface area contributed by atoms with Gasteiger partial charge in [0.15, 0.2) is 5.11 Å². The molecule has 2 N–H and O–H groups in total. The number of anilines is 2. The third kappa shape index (κ3) is 4.44. The van der Waals surface area contributed by atoms with E-state index in [0.717, 1.165) is 20.7 Å². The lowest BCUT2D eigenvalue weighted by Gasteiger charge is -2.27. The van der Waals surface area contributed by atoms with Crippen LogP contribution in [0.25, 0.3) is 0 Å². The molecule has 1 saturated heterocycles. The molecule has 1 aromatic carbocycles. The Morgan fingerprint density at radius 1 is 1.35 bits per heavy atom. The lowest BCUT2D eigenvalue weighted by Crippen LogP contribution is -2.29. The van der Waals surface area contributed by atoms with E-state index in [0.29, 0.717) is 23.0 Å². The number of pyridine rings is 1. The number of amides is 1. The number of hydrogen-bond donors (Lipinski definition) is 2. The normalized spacial score (nSPS) is 18.0. The van der Waals surface area contributed by atoms with Crippen molar-refractivity contribution in [2.24, 2.45) is 0 Å². The number of carbonyl (C=O) groups excluding carboxylic acids is 1. The maximum atomic E-state index is 11.9. The summed E-state index contributed by atoms with van der Waals surface area (Å²) in [4.78, 5) is 19.7. The van der Waals surface area contributed by atoms with Gasteiger partial charge in [0.1, 0.15) is 5.75 Å². The monoisotopic (exact) mass is 516 g/mol. The van der Waals surface area contributed by atoms with Crippen LogP contribution in [0.15, 0.2) is 58.5 Å². The maximum Gasteiger partial charge on any atom is 0.224 e. The van der Waals surface area contributed by atoms with E-state index in [1.54, 1.807) is 24.6 Å². The number of thiocarbonyl (C=S) groups is 1. The van der Waals surface area contributed by atoms with Gasteiger partial charge in [-0.15, -0.1) is 11.3 Å². The molecular weight excluding hydrogens is 496 g/mol. The number of aromatic nitrogens is 1. The summed E-state index contributed by atoms with van der Waals surface area (Å²) in [5.74, 6) is 0.510. The van der Waals surface area contributed by atoms with E-state index in [2.05, 4.69) is 47.9 Å². The SMILES string of the molecule is CCC(=O)Nc1ccc(N2C(=S)N[C@@H](c3ccccn3)[C@H]2c2cc(Br)cs2)cc1OC. The van der Waals surface area contributed by atoms with Gasteiger partial charge < -0.3 is 20.3 Å². The standard InChI is InChI=1S/C22H21BrN4O2S2/c1-3-19(28)25-15-8-7-14(11-17(15)29-2)27-21(18-10-13(23)12-31-18)20(26-22(27)30)16-6-4-5-9-24-16/h4-12,20-21H,3H2,1-2H3,(H,25,28)(H,26,30)/t20-,21+/m0/s1. The van der Waals surface area contributed by atoms with Gasteiger partial charge in [-0.2, -0.15) is 0 Å². The fourth-order valence-electron chi connectivity index (χ4n) is 3.58. The van der Waals surface area contributed by atoms with E-state index in [1.165, 1.54) is 0 Å². The predicted octanol–water partition coefficient (Wildman–Crippen LogP) is 5.44. The Labute approximate surface area is 198 Å².